The van der Waals surface area contributed by atoms with Gasteiger partial charge in [0, 0.05) is 17.7 Å². The number of rotatable bonds is 0. The third kappa shape index (κ3) is 1.96. The lowest BCUT2D eigenvalue weighted by molar-refractivity contribution is -0.118. The number of hydrogen-bond donors (Lipinski definition) is 1. The van der Waals surface area contributed by atoms with Gasteiger partial charge in [-0.3, -0.25) is 4.79 Å². The standard InChI is InChI=1S/C20H19FN2OS/c1-19(2)8-14-16(15(24)9-19)20(17-18(23-14)22-10-25-17)6-5-11-7-12(21)3-4-13(11)20/h3-4,7,10,23H,5-6,8-9H2,1-2H3. The smallest absolute Gasteiger partial charge is 0.162 e. The van der Waals surface area contributed by atoms with Crippen LogP contribution >= 0.6 is 11.3 Å². The van der Waals surface area contributed by atoms with E-state index in [1.54, 1.807) is 17.4 Å². The summed E-state index contributed by atoms with van der Waals surface area (Å²) in [6.45, 7) is 4.27. The average molecular weight is 354 g/mol. The fourth-order valence-corrected chi connectivity index (χ4v) is 5.95. The van der Waals surface area contributed by atoms with Gasteiger partial charge in [0.15, 0.2) is 5.78 Å². The molecule has 5 rings (SSSR count). The number of nitrogens with one attached hydrogen (secondary N) is 1. The van der Waals surface area contributed by atoms with E-state index in [9.17, 15) is 9.18 Å². The van der Waals surface area contributed by atoms with Gasteiger partial charge in [0.2, 0.25) is 0 Å². The maximum Gasteiger partial charge on any atom is 0.162 e. The zero-order valence-corrected chi connectivity index (χ0v) is 15.1. The lowest BCUT2D eigenvalue weighted by Crippen LogP contribution is -2.42. The second-order valence-electron chi connectivity index (χ2n) is 8.16. The zero-order valence-electron chi connectivity index (χ0n) is 14.3. The van der Waals surface area contributed by atoms with Gasteiger partial charge in [-0.25, -0.2) is 9.37 Å². The second-order valence-corrected chi connectivity index (χ2v) is 9.01. The molecule has 2 aromatic rings. The SMILES string of the molecule is CC1(C)CC(=O)C2=C(C1)Nc1ncsc1C21CCc2cc(F)ccc21. The van der Waals surface area contributed by atoms with Gasteiger partial charge in [-0.2, -0.15) is 0 Å². The summed E-state index contributed by atoms with van der Waals surface area (Å²) in [7, 11) is 0. The first-order valence-electron chi connectivity index (χ1n) is 8.67. The van der Waals surface area contributed by atoms with Gasteiger partial charge >= 0.3 is 0 Å². The highest BCUT2D eigenvalue weighted by molar-refractivity contribution is 7.10. The molecule has 1 aromatic carbocycles. The molecule has 2 heterocycles. The van der Waals surface area contributed by atoms with E-state index in [4.69, 9.17) is 0 Å². The van der Waals surface area contributed by atoms with Gasteiger partial charge in [0.25, 0.3) is 0 Å². The van der Waals surface area contributed by atoms with Gasteiger partial charge in [-0.15, -0.1) is 11.3 Å². The maximum atomic E-state index is 13.8. The first-order chi connectivity index (χ1) is 11.9. The van der Waals surface area contributed by atoms with E-state index in [0.29, 0.717) is 6.42 Å². The lowest BCUT2D eigenvalue weighted by atomic mass is 9.63. The molecule has 1 unspecified atom stereocenters. The molecule has 128 valence electrons. The van der Waals surface area contributed by atoms with Crippen LogP contribution in [0.25, 0.3) is 0 Å². The summed E-state index contributed by atoms with van der Waals surface area (Å²) < 4.78 is 13.8. The van der Waals surface area contributed by atoms with Gasteiger partial charge in [-0.05, 0) is 47.9 Å². The predicted molar refractivity (Wildman–Crippen MR) is 96.3 cm³/mol. The number of carbonyl (C=O) groups excluding carboxylic acids is 1. The van der Waals surface area contributed by atoms with Crippen LogP contribution in [0.15, 0.2) is 35.0 Å². The monoisotopic (exact) mass is 354 g/mol. The Morgan fingerprint density at radius 2 is 2.12 bits per heavy atom. The molecule has 3 nitrogen and oxygen atoms in total. The third-order valence-corrected chi connectivity index (χ3v) is 6.81. The number of Topliss-reactive ketones (excluding diaryl/α,β-unsaturated/α-hetero) is 1. The van der Waals surface area contributed by atoms with E-state index >= 15 is 0 Å². The molecule has 25 heavy (non-hydrogen) atoms. The highest BCUT2D eigenvalue weighted by atomic mass is 32.1. The minimum absolute atomic E-state index is 0.0537. The number of halogens is 1. The number of allylic oxidation sites excluding steroid dienone is 2. The summed E-state index contributed by atoms with van der Waals surface area (Å²) in [5, 5.41) is 3.44. The maximum absolute atomic E-state index is 13.8. The van der Waals surface area contributed by atoms with Crippen LogP contribution in [0.5, 0.6) is 0 Å². The van der Waals surface area contributed by atoms with Crippen LogP contribution in [0.2, 0.25) is 0 Å². The van der Waals surface area contributed by atoms with Crippen LogP contribution < -0.4 is 5.32 Å². The summed E-state index contributed by atoms with van der Waals surface area (Å²) >= 11 is 1.59. The molecule has 2 aliphatic carbocycles. The number of thiazole rings is 1. The molecule has 5 heteroatoms. The van der Waals surface area contributed by atoms with Gasteiger partial charge < -0.3 is 5.32 Å². The summed E-state index contributed by atoms with van der Waals surface area (Å²) in [4.78, 5) is 18.8. The Morgan fingerprint density at radius 1 is 1.28 bits per heavy atom. The molecule has 0 radical (unpaired) electrons. The van der Waals surface area contributed by atoms with E-state index in [0.717, 1.165) is 52.4 Å². The number of aromatic nitrogens is 1. The first-order valence-corrected chi connectivity index (χ1v) is 9.55. The molecule has 1 aliphatic heterocycles. The molecule has 0 fully saturated rings. The molecule has 0 amide bonds. The molecule has 0 saturated heterocycles. The molecular formula is C20H19FN2OS. The van der Waals surface area contributed by atoms with Crippen molar-refractivity contribution in [2.24, 2.45) is 5.41 Å². The highest BCUT2D eigenvalue weighted by Gasteiger charge is 2.53. The first kappa shape index (κ1) is 15.3. The third-order valence-electron chi connectivity index (χ3n) is 5.82. The number of nitrogens with zero attached hydrogens (tertiary/aromatic N) is 1. The number of aryl methyl sites for hydroxylation is 1. The van der Waals surface area contributed by atoms with Crippen LogP contribution in [0.1, 0.15) is 49.1 Å². The van der Waals surface area contributed by atoms with Gasteiger partial charge in [0.1, 0.15) is 11.6 Å². The quantitative estimate of drug-likeness (QED) is 0.753. The van der Waals surface area contributed by atoms with Crippen molar-refractivity contribution in [2.45, 2.75) is 44.9 Å². The Morgan fingerprint density at radius 3 is 2.96 bits per heavy atom. The normalized spacial score (nSPS) is 26.3. The van der Waals surface area contributed by atoms with Crippen molar-refractivity contribution in [2.75, 3.05) is 5.32 Å². The fraction of sp³-hybridized carbons (Fsp3) is 0.400. The second kappa shape index (κ2) is 4.79. The number of anilines is 1. The molecule has 1 N–H and O–H groups in total. The lowest BCUT2D eigenvalue weighted by Gasteiger charge is -2.43. The van der Waals surface area contributed by atoms with Crippen molar-refractivity contribution in [3.8, 4) is 0 Å². The van der Waals surface area contributed by atoms with E-state index in [1.807, 2.05) is 11.6 Å². The summed E-state index contributed by atoms with van der Waals surface area (Å²) in [5.41, 5.74) is 5.35. The van der Waals surface area contributed by atoms with Gasteiger partial charge in [0.05, 0.1) is 15.8 Å². The van der Waals surface area contributed by atoms with Crippen molar-refractivity contribution in [1.29, 1.82) is 0 Å². The topological polar surface area (TPSA) is 42.0 Å². The van der Waals surface area contributed by atoms with Gasteiger partial charge in [-0.1, -0.05) is 19.9 Å². The molecular weight excluding hydrogens is 335 g/mol. The number of ketones is 1. The van der Waals surface area contributed by atoms with E-state index in [1.165, 1.54) is 6.07 Å². The number of fused-ring (bicyclic) bond motifs is 5. The summed E-state index contributed by atoms with van der Waals surface area (Å²) in [6, 6.07) is 5.03. The Balaban J connectivity index is 1.82. The highest BCUT2D eigenvalue weighted by Crippen LogP contribution is 2.58. The number of hydrogen-bond acceptors (Lipinski definition) is 4. The summed E-state index contributed by atoms with van der Waals surface area (Å²) in [6.07, 6.45) is 2.99. The van der Waals surface area contributed by atoms with Crippen molar-refractivity contribution in [1.82, 2.24) is 4.98 Å². The summed E-state index contributed by atoms with van der Waals surface area (Å²) in [5.74, 6) is 0.876. The van der Waals surface area contributed by atoms with Crippen molar-refractivity contribution < 1.29 is 9.18 Å². The van der Waals surface area contributed by atoms with Crippen LogP contribution in [-0.4, -0.2) is 10.8 Å². The predicted octanol–water partition coefficient (Wildman–Crippen LogP) is 4.58. The van der Waals surface area contributed by atoms with Crippen LogP contribution in [0, 0.1) is 11.2 Å². The molecule has 0 saturated carbocycles. The Kier molecular flexibility index (Phi) is 2.92. The minimum Gasteiger partial charge on any atom is -0.342 e. The van der Waals surface area contributed by atoms with Crippen LogP contribution in [0.3, 0.4) is 0 Å². The number of carbonyl (C=O) groups is 1. The molecule has 1 spiro atoms. The van der Waals surface area contributed by atoms with E-state index < -0.39 is 5.41 Å². The van der Waals surface area contributed by atoms with Crippen molar-refractivity contribution in [3.05, 3.63) is 56.8 Å². The Hall–Kier alpha value is -2.01. The zero-order chi connectivity index (χ0) is 17.4. The Labute approximate surface area is 150 Å². The van der Waals surface area contributed by atoms with E-state index in [-0.39, 0.29) is 17.0 Å². The molecule has 1 aromatic heterocycles. The van der Waals surface area contributed by atoms with Crippen molar-refractivity contribution in [3.63, 3.8) is 0 Å². The van der Waals surface area contributed by atoms with Crippen LogP contribution in [0.4, 0.5) is 10.2 Å². The average Bonchev–Trinajstić information content (AvgIpc) is 3.11. The molecule has 1 atom stereocenters. The number of benzene rings is 1. The molecule has 3 aliphatic rings. The van der Waals surface area contributed by atoms with Crippen LogP contribution in [-0.2, 0) is 16.6 Å². The minimum atomic E-state index is -0.451. The molecule has 0 bridgehead atoms. The largest absolute Gasteiger partial charge is 0.342 e. The fourth-order valence-electron chi connectivity index (χ4n) is 4.96. The van der Waals surface area contributed by atoms with Crippen molar-refractivity contribution >= 4 is 22.9 Å². The van der Waals surface area contributed by atoms with E-state index in [2.05, 4.69) is 24.1 Å². The Bertz CT molecular complexity index is 958.